The lowest BCUT2D eigenvalue weighted by Crippen LogP contribution is -2.17. The molecule has 0 aliphatic heterocycles. The lowest BCUT2D eigenvalue weighted by atomic mass is 10.2. The third kappa shape index (κ3) is 4.10. The quantitative estimate of drug-likeness (QED) is 0.744. The molecule has 3 aromatic rings. The number of para-hydroxylation sites is 1. The number of hydrogen-bond donors (Lipinski definition) is 1. The number of halogens is 1. The van der Waals surface area contributed by atoms with Crippen molar-refractivity contribution >= 4 is 29.3 Å². The summed E-state index contributed by atoms with van der Waals surface area (Å²) in [5, 5.41) is 7.24. The van der Waals surface area contributed by atoms with Gasteiger partial charge in [-0.25, -0.2) is 4.79 Å². The van der Waals surface area contributed by atoms with Crippen LogP contribution in [0.2, 0.25) is 5.02 Å². The number of benzene rings is 2. The van der Waals surface area contributed by atoms with Gasteiger partial charge in [0, 0.05) is 22.5 Å². The van der Waals surface area contributed by atoms with Gasteiger partial charge in [-0.3, -0.25) is 4.79 Å². The molecule has 0 bridgehead atoms. The molecule has 7 heteroatoms. The molecule has 1 amide bonds. The van der Waals surface area contributed by atoms with E-state index in [2.05, 4.69) is 10.4 Å². The number of carbonyl (C=O) groups is 2. The molecular weight excluding hydrogens is 354 g/mol. The van der Waals surface area contributed by atoms with Crippen LogP contribution in [0.4, 0.5) is 10.5 Å². The molecule has 0 saturated carbocycles. The number of rotatable bonds is 4. The monoisotopic (exact) mass is 369 g/mol. The second kappa shape index (κ2) is 7.84. The first kappa shape index (κ1) is 17.7. The van der Waals surface area contributed by atoms with E-state index >= 15 is 0 Å². The van der Waals surface area contributed by atoms with Crippen LogP contribution in [0.3, 0.4) is 0 Å². The lowest BCUT2D eigenvalue weighted by molar-refractivity contribution is 0.102. The first-order valence-corrected chi connectivity index (χ1v) is 8.25. The highest BCUT2D eigenvalue weighted by molar-refractivity contribution is 6.31. The first-order chi connectivity index (χ1) is 12.5. The van der Waals surface area contributed by atoms with E-state index < -0.39 is 12.0 Å². The van der Waals surface area contributed by atoms with Crippen LogP contribution in [0.15, 0.2) is 60.8 Å². The van der Waals surface area contributed by atoms with Gasteiger partial charge in [0.25, 0.3) is 5.91 Å². The average Bonchev–Trinajstić information content (AvgIpc) is 3.13. The summed E-state index contributed by atoms with van der Waals surface area (Å²) in [7, 11) is 0. The predicted octanol–water partition coefficient (Wildman–Crippen LogP) is 4.28. The normalized spacial score (nSPS) is 10.4. The molecule has 0 aliphatic carbocycles. The largest absolute Gasteiger partial charge is 0.443 e. The number of aromatic nitrogens is 2. The number of nitrogens with one attached hydrogen (secondary N) is 1. The van der Waals surface area contributed by atoms with Crippen LogP contribution >= 0.6 is 11.6 Å². The summed E-state index contributed by atoms with van der Waals surface area (Å²) >= 11 is 6.02. The van der Waals surface area contributed by atoms with Crippen molar-refractivity contribution in [1.82, 2.24) is 9.78 Å². The van der Waals surface area contributed by atoms with E-state index in [-0.39, 0.29) is 12.3 Å². The molecule has 6 nitrogen and oxygen atoms in total. The zero-order valence-corrected chi connectivity index (χ0v) is 14.7. The molecule has 0 unspecified atom stereocenters. The van der Waals surface area contributed by atoms with E-state index in [0.29, 0.717) is 16.3 Å². The number of amides is 1. The third-order valence-electron chi connectivity index (χ3n) is 3.71. The summed E-state index contributed by atoms with van der Waals surface area (Å²) in [6.45, 7) is 1.91. The molecule has 132 valence electrons. The van der Waals surface area contributed by atoms with Gasteiger partial charge in [-0.15, -0.1) is 0 Å². The van der Waals surface area contributed by atoms with Gasteiger partial charge in [-0.2, -0.15) is 9.78 Å². The van der Waals surface area contributed by atoms with E-state index in [0.717, 1.165) is 10.2 Å². The SMILES string of the molecule is Cc1ccccc1NC(=O)c1ccn(C(=O)OCc2ccccc2Cl)n1. The van der Waals surface area contributed by atoms with Crippen LogP contribution in [0.5, 0.6) is 0 Å². The molecular formula is C19H16ClN3O3. The van der Waals surface area contributed by atoms with Gasteiger partial charge < -0.3 is 10.1 Å². The van der Waals surface area contributed by atoms with Crippen molar-refractivity contribution in [2.45, 2.75) is 13.5 Å². The fourth-order valence-corrected chi connectivity index (χ4v) is 2.46. The summed E-state index contributed by atoms with van der Waals surface area (Å²) in [5.74, 6) is -0.406. The third-order valence-corrected chi connectivity index (χ3v) is 4.08. The lowest BCUT2D eigenvalue weighted by Gasteiger charge is -2.07. The standard InChI is InChI=1S/C19H16ClN3O3/c1-13-6-2-5-9-16(13)21-18(24)17-10-11-23(22-17)19(25)26-12-14-7-3-4-8-15(14)20/h2-11H,12H2,1H3,(H,21,24). The predicted molar refractivity (Wildman–Crippen MR) is 98.4 cm³/mol. The van der Waals surface area contributed by atoms with Crippen molar-refractivity contribution in [2.75, 3.05) is 5.32 Å². The number of ether oxygens (including phenoxy) is 1. The minimum absolute atomic E-state index is 0.0170. The summed E-state index contributed by atoms with van der Waals surface area (Å²) in [6, 6.07) is 15.9. The van der Waals surface area contributed by atoms with E-state index in [1.165, 1.54) is 12.3 Å². The van der Waals surface area contributed by atoms with Crippen LogP contribution in [0.25, 0.3) is 0 Å². The molecule has 1 heterocycles. The molecule has 0 spiro atoms. The highest BCUT2D eigenvalue weighted by Gasteiger charge is 2.15. The van der Waals surface area contributed by atoms with Crippen molar-refractivity contribution in [3.8, 4) is 0 Å². The Morgan fingerprint density at radius 1 is 1.12 bits per heavy atom. The summed E-state index contributed by atoms with van der Waals surface area (Å²) < 4.78 is 6.15. The Bertz CT molecular complexity index is 952. The van der Waals surface area contributed by atoms with Gasteiger partial charge in [-0.1, -0.05) is 48.0 Å². The summed E-state index contributed by atoms with van der Waals surface area (Å²) in [5.41, 5.74) is 2.42. The Labute approximate surface area is 155 Å². The minimum atomic E-state index is -0.695. The fourth-order valence-electron chi connectivity index (χ4n) is 2.27. The fraction of sp³-hybridized carbons (Fsp3) is 0.105. The van der Waals surface area contributed by atoms with Crippen LogP contribution in [-0.2, 0) is 11.3 Å². The van der Waals surface area contributed by atoms with E-state index in [4.69, 9.17) is 16.3 Å². The molecule has 3 rings (SSSR count). The van der Waals surface area contributed by atoms with Crippen LogP contribution < -0.4 is 5.32 Å². The maximum Gasteiger partial charge on any atom is 0.435 e. The van der Waals surface area contributed by atoms with E-state index in [1.807, 2.05) is 25.1 Å². The molecule has 0 radical (unpaired) electrons. The van der Waals surface area contributed by atoms with Gasteiger partial charge in [-0.05, 0) is 30.7 Å². The molecule has 0 fully saturated rings. The second-order valence-electron chi connectivity index (χ2n) is 5.56. The second-order valence-corrected chi connectivity index (χ2v) is 5.97. The first-order valence-electron chi connectivity index (χ1n) is 7.88. The maximum absolute atomic E-state index is 12.3. The molecule has 1 N–H and O–H groups in total. The van der Waals surface area contributed by atoms with Gasteiger partial charge in [0.1, 0.15) is 6.61 Å². The number of anilines is 1. The Morgan fingerprint density at radius 3 is 2.62 bits per heavy atom. The summed E-state index contributed by atoms with van der Waals surface area (Å²) in [4.78, 5) is 24.4. The zero-order chi connectivity index (χ0) is 18.5. The van der Waals surface area contributed by atoms with Crippen molar-refractivity contribution in [3.63, 3.8) is 0 Å². The highest BCUT2D eigenvalue weighted by atomic mass is 35.5. The topological polar surface area (TPSA) is 73.2 Å². The Balaban J connectivity index is 1.63. The highest BCUT2D eigenvalue weighted by Crippen LogP contribution is 2.16. The van der Waals surface area contributed by atoms with Gasteiger partial charge in [0.05, 0.1) is 0 Å². The molecule has 0 saturated heterocycles. The maximum atomic E-state index is 12.3. The number of nitrogens with zero attached hydrogens (tertiary/aromatic N) is 2. The van der Waals surface area contributed by atoms with E-state index in [9.17, 15) is 9.59 Å². The number of aryl methyl sites for hydroxylation is 1. The van der Waals surface area contributed by atoms with Crippen LogP contribution in [0.1, 0.15) is 21.6 Å². The Kier molecular flexibility index (Phi) is 5.34. The smallest absolute Gasteiger partial charge is 0.435 e. The zero-order valence-electron chi connectivity index (χ0n) is 14.0. The molecule has 2 aromatic carbocycles. The van der Waals surface area contributed by atoms with Crippen molar-refractivity contribution in [2.24, 2.45) is 0 Å². The van der Waals surface area contributed by atoms with Crippen molar-refractivity contribution in [1.29, 1.82) is 0 Å². The van der Waals surface area contributed by atoms with Gasteiger partial charge in [0.2, 0.25) is 0 Å². The Morgan fingerprint density at radius 2 is 1.85 bits per heavy atom. The van der Waals surface area contributed by atoms with Gasteiger partial charge in [0.15, 0.2) is 5.69 Å². The molecule has 0 atom stereocenters. The van der Waals surface area contributed by atoms with Crippen LogP contribution in [0, 0.1) is 6.92 Å². The molecule has 1 aromatic heterocycles. The van der Waals surface area contributed by atoms with Crippen molar-refractivity contribution < 1.29 is 14.3 Å². The van der Waals surface area contributed by atoms with Crippen molar-refractivity contribution in [3.05, 3.63) is 82.6 Å². The number of carbonyl (C=O) groups excluding carboxylic acids is 2. The molecule has 26 heavy (non-hydrogen) atoms. The Hall–Kier alpha value is -3.12. The van der Waals surface area contributed by atoms with Gasteiger partial charge >= 0.3 is 6.09 Å². The summed E-state index contributed by atoms with van der Waals surface area (Å²) in [6.07, 6.45) is 0.682. The number of hydrogen-bond acceptors (Lipinski definition) is 4. The van der Waals surface area contributed by atoms with E-state index in [1.54, 1.807) is 30.3 Å². The minimum Gasteiger partial charge on any atom is -0.443 e. The molecule has 0 aliphatic rings. The average molecular weight is 370 g/mol. The van der Waals surface area contributed by atoms with Crippen LogP contribution in [-0.4, -0.2) is 21.8 Å².